The van der Waals surface area contributed by atoms with Gasteiger partial charge in [0.15, 0.2) is 0 Å². The molecule has 0 aromatic heterocycles. The largest absolute Gasteiger partial charge is 0.494 e. The van der Waals surface area contributed by atoms with E-state index in [-0.39, 0.29) is 6.42 Å². The highest BCUT2D eigenvalue weighted by molar-refractivity contribution is 5.67. The van der Waals surface area contributed by atoms with E-state index in [1.54, 1.807) is 0 Å². The zero-order valence-electron chi connectivity index (χ0n) is 10.8. The Labute approximate surface area is 107 Å². The molecule has 98 valence electrons. The molecule has 1 aromatic carbocycles. The molecule has 1 N–H and O–H groups in total. The minimum absolute atomic E-state index is 0.219. The molecule has 1 aliphatic heterocycles. The quantitative estimate of drug-likeness (QED) is 0.871. The third-order valence-corrected chi connectivity index (χ3v) is 3.36. The lowest BCUT2D eigenvalue weighted by molar-refractivity contribution is -0.137. The first-order chi connectivity index (χ1) is 8.61. The van der Waals surface area contributed by atoms with Crippen molar-refractivity contribution in [2.24, 2.45) is 0 Å². The van der Waals surface area contributed by atoms with E-state index in [0.717, 1.165) is 12.3 Å². The number of carbonyl (C=O) groups is 1. The van der Waals surface area contributed by atoms with Crippen molar-refractivity contribution in [3.05, 3.63) is 23.8 Å². The molecular weight excluding hydrogens is 230 g/mol. The Morgan fingerprint density at radius 3 is 3.00 bits per heavy atom. The summed E-state index contributed by atoms with van der Waals surface area (Å²) >= 11 is 0. The maximum Gasteiger partial charge on any atom is 0.303 e. The Balaban J connectivity index is 2.19. The molecule has 1 heterocycles. The standard InChI is InChI=1S/C14H19NO3/c1-3-18-11-5-6-13-12(8-11)10(9-15(13)2)4-7-14(16)17/h5-6,8,10H,3-4,7,9H2,1-2H3,(H,16,17). The molecular formula is C14H19NO3. The van der Waals surface area contributed by atoms with Gasteiger partial charge in [0.25, 0.3) is 0 Å². The van der Waals surface area contributed by atoms with E-state index in [1.165, 1.54) is 11.3 Å². The molecule has 0 aliphatic carbocycles. The van der Waals surface area contributed by atoms with Crippen molar-refractivity contribution in [2.75, 3.05) is 25.1 Å². The first-order valence-electron chi connectivity index (χ1n) is 6.31. The van der Waals surface area contributed by atoms with E-state index < -0.39 is 5.97 Å². The fraction of sp³-hybridized carbons (Fsp3) is 0.500. The normalized spacial score (nSPS) is 17.7. The summed E-state index contributed by atoms with van der Waals surface area (Å²) in [4.78, 5) is 12.9. The third-order valence-electron chi connectivity index (χ3n) is 3.36. The second-order valence-corrected chi connectivity index (χ2v) is 4.66. The van der Waals surface area contributed by atoms with Crippen LogP contribution in [-0.4, -0.2) is 31.3 Å². The van der Waals surface area contributed by atoms with Gasteiger partial charge in [-0.15, -0.1) is 0 Å². The zero-order valence-corrected chi connectivity index (χ0v) is 10.8. The molecule has 0 saturated heterocycles. The van der Waals surface area contributed by atoms with Crippen LogP contribution in [0.5, 0.6) is 5.75 Å². The van der Waals surface area contributed by atoms with Crippen LogP contribution in [0.15, 0.2) is 18.2 Å². The van der Waals surface area contributed by atoms with Crippen LogP contribution < -0.4 is 9.64 Å². The van der Waals surface area contributed by atoms with Crippen molar-refractivity contribution in [1.29, 1.82) is 0 Å². The summed E-state index contributed by atoms with van der Waals surface area (Å²) in [5.74, 6) is 0.431. The molecule has 0 radical (unpaired) electrons. The molecule has 0 fully saturated rings. The van der Waals surface area contributed by atoms with E-state index >= 15 is 0 Å². The van der Waals surface area contributed by atoms with Crippen molar-refractivity contribution in [3.63, 3.8) is 0 Å². The highest BCUT2D eigenvalue weighted by Crippen LogP contribution is 2.39. The molecule has 0 amide bonds. The van der Waals surface area contributed by atoms with E-state index in [2.05, 4.69) is 17.0 Å². The van der Waals surface area contributed by atoms with Crippen LogP contribution in [0.4, 0.5) is 5.69 Å². The van der Waals surface area contributed by atoms with Gasteiger partial charge in [0.1, 0.15) is 5.75 Å². The lowest BCUT2D eigenvalue weighted by Crippen LogP contribution is -2.15. The summed E-state index contributed by atoms with van der Waals surface area (Å²) in [5, 5.41) is 8.79. The van der Waals surface area contributed by atoms with Gasteiger partial charge in [-0.05, 0) is 37.1 Å². The first kappa shape index (κ1) is 12.7. The van der Waals surface area contributed by atoms with Gasteiger partial charge < -0.3 is 14.7 Å². The molecule has 1 unspecified atom stereocenters. The van der Waals surface area contributed by atoms with Crippen molar-refractivity contribution in [1.82, 2.24) is 0 Å². The van der Waals surface area contributed by atoms with Crippen molar-refractivity contribution in [3.8, 4) is 5.75 Å². The fourth-order valence-electron chi connectivity index (χ4n) is 2.54. The predicted octanol–water partition coefficient (Wildman–Crippen LogP) is 2.48. The monoisotopic (exact) mass is 249 g/mol. The average Bonchev–Trinajstić information content (AvgIpc) is 2.64. The summed E-state index contributed by atoms with van der Waals surface area (Å²) < 4.78 is 5.51. The molecule has 1 aliphatic rings. The van der Waals surface area contributed by atoms with Gasteiger partial charge in [0.2, 0.25) is 0 Å². The molecule has 0 spiro atoms. The van der Waals surface area contributed by atoms with Gasteiger partial charge in [-0.2, -0.15) is 0 Å². The van der Waals surface area contributed by atoms with Crippen LogP contribution >= 0.6 is 0 Å². The molecule has 4 heteroatoms. The second-order valence-electron chi connectivity index (χ2n) is 4.66. The van der Waals surface area contributed by atoms with Crippen LogP contribution in [0.1, 0.15) is 31.2 Å². The summed E-state index contributed by atoms with van der Waals surface area (Å²) in [5.41, 5.74) is 2.40. The highest BCUT2D eigenvalue weighted by Gasteiger charge is 2.27. The second kappa shape index (κ2) is 5.29. The van der Waals surface area contributed by atoms with Crippen LogP contribution in [0.25, 0.3) is 0 Å². The van der Waals surface area contributed by atoms with Crippen molar-refractivity contribution < 1.29 is 14.6 Å². The Kier molecular flexibility index (Phi) is 3.75. The number of hydrogen-bond donors (Lipinski definition) is 1. The maximum atomic E-state index is 10.7. The number of aliphatic carboxylic acids is 1. The van der Waals surface area contributed by atoms with E-state index in [9.17, 15) is 4.79 Å². The SMILES string of the molecule is CCOc1ccc2c(c1)C(CCC(=O)O)CN2C. The number of likely N-dealkylation sites (N-methyl/N-ethyl adjacent to an activating group) is 1. The number of anilines is 1. The number of hydrogen-bond acceptors (Lipinski definition) is 3. The molecule has 0 saturated carbocycles. The number of ether oxygens (including phenoxy) is 1. The average molecular weight is 249 g/mol. The molecule has 18 heavy (non-hydrogen) atoms. The van der Waals surface area contributed by atoms with Crippen LogP contribution in [0.2, 0.25) is 0 Å². The highest BCUT2D eigenvalue weighted by atomic mass is 16.5. The van der Waals surface area contributed by atoms with Crippen LogP contribution in [-0.2, 0) is 4.79 Å². The Hall–Kier alpha value is -1.71. The topological polar surface area (TPSA) is 49.8 Å². The Morgan fingerprint density at radius 1 is 1.56 bits per heavy atom. The van der Waals surface area contributed by atoms with Gasteiger partial charge in [0.05, 0.1) is 6.61 Å². The summed E-state index contributed by atoms with van der Waals surface area (Å²) in [6, 6.07) is 6.08. The van der Waals surface area contributed by atoms with Crippen LogP contribution in [0, 0.1) is 0 Å². The minimum Gasteiger partial charge on any atom is -0.494 e. The number of nitrogens with zero attached hydrogens (tertiary/aromatic N) is 1. The molecule has 0 bridgehead atoms. The van der Waals surface area contributed by atoms with E-state index in [0.29, 0.717) is 18.9 Å². The Morgan fingerprint density at radius 2 is 2.33 bits per heavy atom. The predicted molar refractivity (Wildman–Crippen MR) is 70.5 cm³/mol. The first-order valence-corrected chi connectivity index (χ1v) is 6.31. The van der Waals surface area contributed by atoms with Crippen molar-refractivity contribution in [2.45, 2.75) is 25.7 Å². The van der Waals surface area contributed by atoms with Gasteiger partial charge in [0, 0.05) is 31.6 Å². The van der Waals surface area contributed by atoms with Gasteiger partial charge >= 0.3 is 5.97 Å². The molecule has 1 aromatic rings. The number of carboxylic acids is 1. The van der Waals surface area contributed by atoms with Gasteiger partial charge in [-0.1, -0.05) is 0 Å². The summed E-state index contributed by atoms with van der Waals surface area (Å²) in [6.07, 6.45) is 0.902. The lowest BCUT2D eigenvalue weighted by Gasteiger charge is -2.12. The number of carboxylic acid groups (broad SMARTS) is 1. The van der Waals surface area contributed by atoms with E-state index in [1.807, 2.05) is 20.0 Å². The smallest absolute Gasteiger partial charge is 0.303 e. The van der Waals surface area contributed by atoms with Crippen molar-refractivity contribution >= 4 is 11.7 Å². The number of rotatable bonds is 5. The Bertz CT molecular complexity index is 445. The molecule has 1 atom stereocenters. The van der Waals surface area contributed by atoms with Gasteiger partial charge in [-0.25, -0.2) is 0 Å². The maximum absolute atomic E-state index is 10.7. The minimum atomic E-state index is -0.730. The van der Waals surface area contributed by atoms with Crippen LogP contribution in [0.3, 0.4) is 0 Å². The number of fused-ring (bicyclic) bond motifs is 1. The fourth-order valence-corrected chi connectivity index (χ4v) is 2.54. The zero-order chi connectivity index (χ0) is 13.1. The van der Waals surface area contributed by atoms with Gasteiger partial charge in [-0.3, -0.25) is 4.79 Å². The molecule has 2 rings (SSSR count). The third kappa shape index (κ3) is 2.58. The summed E-state index contributed by atoms with van der Waals surface area (Å²) in [7, 11) is 2.04. The molecule has 4 nitrogen and oxygen atoms in total. The summed E-state index contributed by atoms with van der Waals surface area (Å²) in [6.45, 7) is 3.49. The van der Waals surface area contributed by atoms with E-state index in [4.69, 9.17) is 9.84 Å². The number of benzene rings is 1. The lowest BCUT2D eigenvalue weighted by atomic mass is 9.96.